The third-order valence-corrected chi connectivity index (χ3v) is 9.77. The summed E-state index contributed by atoms with van der Waals surface area (Å²) in [5.41, 5.74) is 4.43. The number of aliphatic hydroxyl groups is 1. The summed E-state index contributed by atoms with van der Waals surface area (Å²) >= 11 is 0. The molecule has 0 saturated carbocycles. The van der Waals surface area contributed by atoms with Crippen LogP contribution in [0.25, 0.3) is 10.8 Å². The van der Waals surface area contributed by atoms with Crippen LogP contribution in [0, 0.1) is 6.92 Å². The molecule has 2 amide bonds. The summed E-state index contributed by atoms with van der Waals surface area (Å²) in [7, 11) is 1.59. The smallest absolute Gasteiger partial charge is 0.302 e. The third-order valence-electron chi connectivity index (χ3n) is 9.77. The lowest BCUT2D eigenvalue weighted by Crippen LogP contribution is -2.53. The van der Waals surface area contributed by atoms with Crippen LogP contribution in [0.1, 0.15) is 58.4 Å². The standard InChI is InChI=1S/C45H46N2O7/c1-5-10-41(54-31(3)49)44-43(46(45(51)34-19-15-30(2)16-20-34)29-35-13-8-12-33-11-6-7-14-38(33)35)39-28-37(53-26-9-25-48)23-24-40(39)47(44)42(50)27-32-17-21-36(52-4)22-18-32/h5-8,11-24,28,41,43-44,48H,1,9-10,25-27,29H2,2-4H3/t41?,43-,44+/m0/s1. The van der Waals surface area contributed by atoms with Crippen LogP contribution in [0.4, 0.5) is 5.69 Å². The summed E-state index contributed by atoms with van der Waals surface area (Å²) in [6.07, 6.45) is 1.50. The van der Waals surface area contributed by atoms with Crippen molar-refractivity contribution in [3.05, 3.63) is 150 Å². The van der Waals surface area contributed by atoms with Gasteiger partial charge in [-0.2, -0.15) is 0 Å². The van der Waals surface area contributed by atoms with Crippen LogP contribution in [-0.4, -0.2) is 60.3 Å². The molecule has 0 bridgehead atoms. The van der Waals surface area contributed by atoms with E-state index >= 15 is 4.79 Å². The van der Waals surface area contributed by atoms with Gasteiger partial charge in [-0.15, -0.1) is 6.58 Å². The first-order chi connectivity index (χ1) is 26.2. The van der Waals surface area contributed by atoms with Gasteiger partial charge >= 0.3 is 5.97 Å². The van der Waals surface area contributed by atoms with Gasteiger partial charge in [-0.3, -0.25) is 14.4 Å². The number of fused-ring (bicyclic) bond motifs is 2. The fourth-order valence-corrected chi connectivity index (χ4v) is 7.25. The number of ether oxygens (including phenoxy) is 3. The highest BCUT2D eigenvalue weighted by molar-refractivity contribution is 6.00. The van der Waals surface area contributed by atoms with E-state index in [0.717, 1.165) is 27.5 Å². The number of carbonyl (C=O) groups excluding carboxylic acids is 3. The number of methoxy groups -OCH3 is 1. The number of aryl methyl sites for hydroxylation is 1. The SMILES string of the molecule is C=CCC(OC(C)=O)[C@@H]1[C@@H](N(Cc2cccc3ccccc23)C(=O)c2ccc(C)cc2)c2cc(OCCCO)ccc2N1C(=O)Cc1ccc(OC)cc1. The first-order valence-electron chi connectivity index (χ1n) is 18.2. The number of benzene rings is 5. The summed E-state index contributed by atoms with van der Waals surface area (Å²) in [5, 5.41) is 11.5. The molecule has 0 saturated heterocycles. The van der Waals surface area contributed by atoms with Crippen molar-refractivity contribution in [2.45, 2.75) is 57.8 Å². The van der Waals surface area contributed by atoms with Crippen molar-refractivity contribution >= 4 is 34.2 Å². The third kappa shape index (κ3) is 8.32. The van der Waals surface area contributed by atoms with Crippen LogP contribution >= 0.6 is 0 Å². The number of rotatable bonds is 15. The Morgan fingerprint density at radius 3 is 2.35 bits per heavy atom. The number of carbonyl (C=O) groups is 3. The van der Waals surface area contributed by atoms with E-state index in [4.69, 9.17) is 14.2 Å². The number of amides is 2. The van der Waals surface area contributed by atoms with Gasteiger partial charge in [-0.05, 0) is 71.3 Å². The highest BCUT2D eigenvalue weighted by atomic mass is 16.5. The van der Waals surface area contributed by atoms with Crippen molar-refractivity contribution in [2.75, 3.05) is 25.2 Å². The van der Waals surface area contributed by atoms with Gasteiger partial charge in [0.15, 0.2) is 0 Å². The quantitative estimate of drug-likeness (QED) is 0.0668. The Bertz CT molecular complexity index is 2110. The fourth-order valence-electron chi connectivity index (χ4n) is 7.25. The Hall–Kier alpha value is -5.93. The second kappa shape index (κ2) is 17.3. The molecule has 5 aromatic carbocycles. The minimum absolute atomic E-state index is 0.0290. The number of aliphatic hydroxyl groups excluding tert-OH is 1. The van der Waals surface area contributed by atoms with E-state index in [0.29, 0.717) is 34.7 Å². The molecule has 6 rings (SSSR count). The van der Waals surface area contributed by atoms with Gasteiger partial charge in [-0.1, -0.05) is 78.4 Å². The number of anilines is 1. The van der Waals surface area contributed by atoms with Crippen LogP contribution in [0.3, 0.4) is 0 Å². The Kier molecular flexibility index (Phi) is 12.1. The Morgan fingerprint density at radius 2 is 1.65 bits per heavy atom. The summed E-state index contributed by atoms with van der Waals surface area (Å²) in [4.78, 5) is 46.2. The molecule has 0 aromatic heterocycles. The molecule has 0 aliphatic carbocycles. The van der Waals surface area contributed by atoms with Gasteiger partial charge in [0, 0.05) is 49.7 Å². The molecule has 5 aromatic rings. The molecule has 9 nitrogen and oxygen atoms in total. The largest absolute Gasteiger partial charge is 0.497 e. The molecule has 1 unspecified atom stereocenters. The zero-order valence-electron chi connectivity index (χ0n) is 30.9. The molecule has 278 valence electrons. The van der Waals surface area contributed by atoms with Crippen LogP contribution in [0.5, 0.6) is 11.5 Å². The van der Waals surface area contributed by atoms with E-state index in [9.17, 15) is 14.7 Å². The lowest BCUT2D eigenvalue weighted by atomic mass is 9.93. The van der Waals surface area contributed by atoms with Gasteiger partial charge in [0.1, 0.15) is 17.6 Å². The van der Waals surface area contributed by atoms with Crippen molar-refractivity contribution in [2.24, 2.45) is 0 Å². The minimum atomic E-state index is -0.864. The van der Waals surface area contributed by atoms with E-state index in [1.165, 1.54) is 6.92 Å². The average Bonchev–Trinajstić information content (AvgIpc) is 3.51. The molecular formula is C45H46N2O7. The maximum Gasteiger partial charge on any atom is 0.302 e. The first kappa shape index (κ1) is 37.8. The first-order valence-corrected chi connectivity index (χ1v) is 18.2. The number of nitrogens with zero attached hydrogens (tertiary/aromatic N) is 2. The van der Waals surface area contributed by atoms with Crippen molar-refractivity contribution in [3.8, 4) is 11.5 Å². The van der Waals surface area contributed by atoms with Crippen LogP contribution < -0.4 is 14.4 Å². The highest BCUT2D eigenvalue weighted by Crippen LogP contribution is 2.48. The molecule has 0 fully saturated rings. The van der Waals surface area contributed by atoms with Crippen LogP contribution in [0.2, 0.25) is 0 Å². The summed E-state index contributed by atoms with van der Waals surface area (Å²) in [6, 6.07) is 32.6. The normalized spacial score (nSPS) is 15.3. The van der Waals surface area contributed by atoms with Gasteiger partial charge in [0.05, 0.1) is 32.2 Å². The molecule has 54 heavy (non-hydrogen) atoms. The number of esters is 1. The minimum Gasteiger partial charge on any atom is -0.497 e. The lowest BCUT2D eigenvalue weighted by Gasteiger charge is -2.39. The van der Waals surface area contributed by atoms with E-state index in [1.54, 1.807) is 29.1 Å². The lowest BCUT2D eigenvalue weighted by molar-refractivity contribution is -0.148. The molecule has 1 N–H and O–H groups in total. The van der Waals surface area contributed by atoms with Crippen molar-refractivity contribution in [3.63, 3.8) is 0 Å². The highest BCUT2D eigenvalue weighted by Gasteiger charge is 2.50. The maximum atomic E-state index is 15.1. The summed E-state index contributed by atoms with van der Waals surface area (Å²) in [5.74, 6) is 0.190. The monoisotopic (exact) mass is 726 g/mol. The molecule has 0 spiro atoms. The van der Waals surface area contributed by atoms with Crippen LogP contribution in [-0.2, 0) is 27.3 Å². The molecule has 1 aliphatic heterocycles. The Labute approximate surface area is 316 Å². The second-order valence-corrected chi connectivity index (χ2v) is 13.5. The Morgan fingerprint density at radius 1 is 0.926 bits per heavy atom. The molecule has 1 aliphatic rings. The predicted molar refractivity (Wildman–Crippen MR) is 210 cm³/mol. The molecule has 9 heteroatoms. The van der Waals surface area contributed by atoms with Gasteiger partial charge in [-0.25, -0.2) is 0 Å². The van der Waals surface area contributed by atoms with Gasteiger partial charge < -0.3 is 29.1 Å². The summed E-state index contributed by atoms with van der Waals surface area (Å²) < 4.78 is 17.5. The average molecular weight is 727 g/mol. The van der Waals surface area contributed by atoms with Crippen molar-refractivity contribution < 1.29 is 33.7 Å². The van der Waals surface area contributed by atoms with Gasteiger partial charge in [0.25, 0.3) is 5.91 Å². The van der Waals surface area contributed by atoms with Gasteiger partial charge in [0.2, 0.25) is 5.91 Å². The zero-order valence-corrected chi connectivity index (χ0v) is 30.9. The van der Waals surface area contributed by atoms with Crippen LogP contribution in [0.15, 0.2) is 122 Å². The molecule has 1 heterocycles. The number of hydrogen-bond donors (Lipinski definition) is 1. The predicted octanol–water partition coefficient (Wildman–Crippen LogP) is 7.77. The molecule has 3 atom stereocenters. The van der Waals surface area contributed by atoms with E-state index in [1.807, 2.05) is 110 Å². The molecule has 0 radical (unpaired) electrons. The van der Waals surface area contributed by atoms with E-state index in [2.05, 4.69) is 6.58 Å². The summed E-state index contributed by atoms with van der Waals surface area (Å²) in [6.45, 7) is 7.72. The maximum absolute atomic E-state index is 15.1. The fraction of sp³-hybridized carbons (Fsp3) is 0.267. The van der Waals surface area contributed by atoms with E-state index < -0.39 is 24.2 Å². The Balaban J connectivity index is 1.57. The van der Waals surface area contributed by atoms with Crippen molar-refractivity contribution in [1.82, 2.24) is 4.90 Å². The number of hydrogen-bond acceptors (Lipinski definition) is 7. The van der Waals surface area contributed by atoms with Crippen molar-refractivity contribution in [1.29, 1.82) is 0 Å². The van der Waals surface area contributed by atoms with E-state index in [-0.39, 0.29) is 44.4 Å². The topological polar surface area (TPSA) is 106 Å². The second-order valence-electron chi connectivity index (χ2n) is 13.5. The molecular weight excluding hydrogens is 681 g/mol. The zero-order chi connectivity index (χ0) is 38.2.